The second-order valence-corrected chi connectivity index (χ2v) is 3.39. The molecule has 0 radical (unpaired) electrons. The van der Waals surface area contributed by atoms with Crippen LogP contribution in [0.25, 0.3) is 0 Å². The molecule has 0 aliphatic carbocycles. The third-order valence-corrected chi connectivity index (χ3v) is 2.01. The summed E-state index contributed by atoms with van der Waals surface area (Å²) in [6, 6.07) is 3.13. The molecular formula is C10H14N2O3. The van der Waals surface area contributed by atoms with Crippen LogP contribution >= 0.6 is 0 Å². The van der Waals surface area contributed by atoms with Crippen molar-refractivity contribution in [2.75, 3.05) is 0 Å². The molecule has 5 heteroatoms. The van der Waals surface area contributed by atoms with Crippen molar-refractivity contribution in [1.82, 2.24) is 9.78 Å². The summed E-state index contributed by atoms with van der Waals surface area (Å²) in [5.41, 5.74) is 0.642. The Balaban J connectivity index is 2.47. The fourth-order valence-electron chi connectivity index (χ4n) is 1.25. The Kier molecular flexibility index (Phi) is 4.03. The molecule has 0 atom stereocenters. The van der Waals surface area contributed by atoms with Gasteiger partial charge < -0.3 is 5.11 Å². The fourth-order valence-corrected chi connectivity index (χ4v) is 1.25. The molecule has 0 aliphatic heterocycles. The number of carboxylic acids is 1. The quantitative estimate of drug-likeness (QED) is 0.730. The van der Waals surface area contributed by atoms with Crippen LogP contribution in [-0.2, 0) is 11.3 Å². The van der Waals surface area contributed by atoms with Gasteiger partial charge in [-0.3, -0.25) is 9.59 Å². The molecule has 1 heterocycles. The maximum absolute atomic E-state index is 11.3. The number of aryl methyl sites for hydroxylation is 2. The lowest BCUT2D eigenvalue weighted by molar-refractivity contribution is -0.137. The van der Waals surface area contributed by atoms with E-state index in [0.29, 0.717) is 19.4 Å². The van der Waals surface area contributed by atoms with E-state index >= 15 is 0 Å². The molecule has 0 spiro atoms. The lowest BCUT2D eigenvalue weighted by Crippen LogP contribution is -2.22. The Bertz CT molecular complexity index is 398. The van der Waals surface area contributed by atoms with E-state index in [9.17, 15) is 9.59 Å². The SMILES string of the molecule is Cc1ccc(=O)n(CCCCC(=O)O)n1. The standard InChI is InChI=1S/C10H14N2O3/c1-8-5-6-9(13)12(11-8)7-3-2-4-10(14)15/h5-6H,2-4,7H2,1H3,(H,14,15). The van der Waals surface area contributed by atoms with Gasteiger partial charge in [-0.15, -0.1) is 0 Å². The molecule has 1 rings (SSSR count). The summed E-state index contributed by atoms with van der Waals surface area (Å²) in [5.74, 6) is -0.806. The number of aliphatic carboxylic acids is 1. The highest BCUT2D eigenvalue weighted by Crippen LogP contribution is 1.97. The first-order valence-electron chi connectivity index (χ1n) is 4.86. The molecule has 0 bridgehead atoms. The smallest absolute Gasteiger partial charge is 0.303 e. The van der Waals surface area contributed by atoms with Crippen LogP contribution in [0.15, 0.2) is 16.9 Å². The van der Waals surface area contributed by atoms with Gasteiger partial charge >= 0.3 is 5.97 Å². The van der Waals surface area contributed by atoms with E-state index < -0.39 is 5.97 Å². The summed E-state index contributed by atoms with van der Waals surface area (Å²) >= 11 is 0. The molecule has 1 aromatic rings. The lowest BCUT2D eigenvalue weighted by Gasteiger charge is -2.03. The molecule has 1 N–H and O–H groups in total. The van der Waals surface area contributed by atoms with Gasteiger partial charge in [-0.05, 0) is 25.8 Å². The van der Waals surface area contributed by atoms with Gasteiger partial charge in [-0.25, -0.2) is 4.68 Å². The number of carboxylic acid groups (broad SMARTS) is 1. The van der Waals surface area contributed by atoms with Gasteiger partial charge in [0.1, 0.15) is 0 Å². The number of hydrogen-bond donors (Lipinski definition) is 1. The van der Waals surface area contributed by atoms with E-state index in [1.54, 1.807) is 6.07 Å². The first-order chi connectivity index (χ1) is 7.09. The zero-order chi connectivity index (χ0) is 11.3. The molecule has 0 unspecified atom stereocenters. The van der Waals surface area contributed by atoms with Gasteiger partial charge in [0.2, 0.25) is 0 Å². The van der Waals surface area contributed by atoms with Crippen molar-refractivity contribution in [2.24, 2.45) is 0 Å². The van der Waals surface area contributed by atoms with Crippen LogP contribution < -0.4 is 5.56 Å². The van der Waals surface area contributed by atoms with E-state index in [-0.39, 0.29) is 12.0 Å². The van der Waals surface area contributed by atoms with Gasteiger partial charge in [0.15, 0.2) is 0 Å². The van der Waals surface area contributed by atoms with Gasteiger partial charge in [-0.1, -0.05) is 0 Å². The fraction of sp³-hybridized carbons (Fsp3) is 0.500. The number of rotatable bonds is 5. The van der Waals surface area contributed by atoms with E-state index in [1.165, 1.54) is 10.7 Å². The first kappa shape index (κ1) is 11.4. The van der Waals surface area contributed by atoms with Crippen molar-refractivity contribution in [3.05, 3.63) is 28.2 Å². The van der Waals surface area contributed by atoms with E-state index in [2.05, 4.69) is 5.10 Å². The summed E-state index contributed by atoms with van der Waals surface area (Å²) in [4.78, 5) is 21.5. The van der Waals surface area contributed by atoms with Crippen LogP contribution in [0.1, 0.15) is 25.0 Å². The third kappa shape index (κ3) is 3.93. The number of unbranched alkanes of at least 4 members (excludes halogenated alkanes) is 1. The zero-order valence-electron chi connectivity index (χ0n) is 8.64. The highest BCUT2D eigenvalue weighted by atomic mass is 16.4. The molecule has 0 aliphatic rings. The zero-order valence-corrected chi connectivity index (χ0v) is 8.64. The Hall–Kier alpha value is -1.65. The second-order valence-electron chi connectivity index (χ2n) is 3.39. The van der Waals surface area contributed by atoms with E-state index in [0.717, 1.165) is 5.69 Å². The van der Waals surface area contributed by atoms with Crippen molar-refractivity contribution in [1.29, 1.82) is 0 Å². The van der Waals surface area contributed by atoms with Crippen LogP contribution in [-0.4, -0.2) is 20.9 Å². The Morgan fingerprint density at radius 2 is 2.20 bits per heavy atom. The monoisotopic (exact) mass is 210 g/mol. The maximum atomic E-state index is 11.3. The van der Waals surface area contributed by atoms with Gasteiger partial charge in [0.25, 0.3) is 5.56 Å². The second kappa shape index (κ2) is 5.29. The predicted octanol–water partition coefficient (Wildman–Crippen LogP) is 0.807. The molecule has 1 aromatic heterocycles. The summed E-state index contributed by atoms with van der Waals surface area (Å²) in [7, 11) is 0. The molecule has 82 valence electrons. The van der Waals surface area contributed by atoms with Crippen LogP contribution in [0.2, 0.25) is 0 Å². The third-order valence-electron chi connectivity index (χ3n) is 2.01. The molecule has 0 saturated heterocycles. The molecular weight excluding hydrogens is 196 g/mol. The molecule has 0 fully saturated rings. The van der Waals surface area contributed by atoms with Gasteiger partial charge in [0.05, 0.1) is 5.69 Å². The summed E-state index contributed by atoms with van der Waals surface area (Å²) < 4.78 is 1.37. The van der Waals surface area contributed by atoms with Gasteiger partial charge in [-0.2, -0.15) is 5.10 Å². The van der Waals surface area contributed by atoms with E-state index in [4.69, 9.17) is 5.11 Å². The normalized spacial score (nSPS) is 10.2. The van der Waals surface area contributed by atoms with Crippen LogP contribution in [0, 0.1) is 6.92 Å². The minimum Gasteiger partial charge on any atom is -0.481 e. The van der Waals surface area contributed by atoms with Crippen molar-refractivity contribution in [3.63, 3.8) is 0 Å². The summed E-state index contributed by atoms with van der Waals surface area (Å²) in [6.07, 6.45) is 1.36. The topological polar surface area (TPSA) is 72.2 Å². The average Bonchev–Trinajstić information content (AvgIpc) is 2.17. The summed E-state index contributed by atoms with van der Waals surface area (Å²) in [6.45, 7) is 2.29. The number of hydrogen-bond acceptors (Lipinski definition) is 3. The Morgan fingerprint density at radius 1 is 1.47 bits per heavy atom. The van der Waals surface area contributed by atoms with Crippen molar-refractivity contribution < 1.29 is 9.90 Å². The number of aromatic nitrogens is 2. The Morgan fingerprint density at radius 3 is 2.87 bits per heavy atom. The van der Waals surface area contributed by atoms with Crippen molar-refractivity contribution in [2.45, 2.75) is 32.7 Å². The first-order valence-corrected chi connectivity index (χ1v) is 4.86. The molecule has 15 heavy (non-hydrogen) atoms. The van der Waals surface area contributed by atoms with Crippen LogP contribution in [0.4, 0.5) is 0 Å². The molecule has 5 nitrogen and oxygen atoms in total. The number of nitrogens with zero attached hydrogens (tertiary/aromatic N) is 2. The maximum Gasteiger partial charge on any atom is 0.303 e. The van der Waals surface area contributed by atoms with E-state index in [1.807, 2.05) is 6.92 Å². The number of carbonyl (C=O) groups is 1. The van der Waals surface area contributed by atoms with Crippen molar-refractivity contribution in [3.8, 4) is 0 Å². The highest BCUT2D eigenvalue weighted by Gasteiger charge is 1.99. The summed E-state index contributed by atoms with van der Waals surface area (Å²) in [5, 5.41) is 12.5. The lowest BCUT2D eigenvalue weighted by atomic mass is 10.2. The molecule has 0 aromatic carbocycles. The van der Waals surface area contributed by atoms with Gasteiger partial charge in [0, 0.05) is 19.0 Å². The minimum atomic E-state index is -0.806. The molecule has 0 saturated carbocycles. The average molecular weight is 210 g/mol. The van der Waals surface area contributed by atoms with Crippen molar-refractivity contribution >= 4 is 5.97 Å². The predicted molar refractivity (Wildman–Crippen MR) is 54.7 cm³/mol. The highest BCUT2D eigenvalue weighted by molar-refractivity contribution is 5.66. The Labute approximate surface area is 87.4 Å². The largest absolute Gasteiger partial charge is 0.481 e. The van der Waals surface area contributed by atoms with Crippen LogP contribution in [0.5, 0.6) is 0 Å². The van der Waals surface area contributed by atoms with Crippen LogP contribution in [0.3, 0.4) is 0 Å². The minimum absolute atomic E-state index is 0.139. The molecule has 0 amide bonds.